The van der Waals surface area contributed by atoms with E-state index in [1.807, 2.05) is 18.4 Å². The summed E-state index contributed by atoms with van der Waals surface area (Å²) in [5.41, 5.74) is 12.8. The third-order valence-electron chi connectivity index (χ3n) is 4.66. The van der Waals surface area contributed by atoms with Crippen LogP contribution in [0.2, 0.25) is 0 Å². The van der Waals surface area contributed by atoms with Gasteiger partial charge in [-0.1, -0.05) is 23.8 Å². The maximum atomic E-state index is 13.0. The normalized spacial score (nSPS) is 15.9. The van der Waals surface area contributed by atoms with Crippen LogP contribution in [0.25, 0.3) is 0 Å². The summed E-state index contributed by atoms with van der Waals surface area (Å²) in [6.07, 6.45) is 2.20. The molecule has 3 rings (SSSR count). The number of nitrogens with zero attached hydrogens (tertiary/aromatic N) is 1. The molecule has 3 nitrogen and oxygen atoms in total. The minimum atomic E-state index is -0.362. The smallest absolute Gasteiger partial charge is 0.256 e. The Morgan fingerprint density at radius 3 is 2.36 bits per heavy atom. The molecular formula is C19H24N2O. The van der Waals surface area contributed by atoms with Crippen molar-refractivity contribution in [3.63, 3.8) is 0 Å². The van der Waals surface area contributed by atoms with E-state index in [9.17, 15) is 4.79 Å². The molecule has 0 saturated heterocycles. The van der Waals surface area contributed by atoms with Crippen molar-refractivity contribution < 1.29 is 0 Å². The van der Waals surface area contributed by atoms with E-state index in [0.717, 1.165) is 40.8 Å². The van der Waals surface area contributed by atoms with Crippen molar-refractivity contribution in [3.05, 3.63) is 68.1 Å². The number of hydrogen-bond acceptors (Lipinski definition) is 2. The minimum absolute atomic E-state index is 0.0903. The molecule has 1 unspecified atom stereocenters. The maximum Gasteiger partial charge on any atom is 0.256 e. The lowest BCUT2D eigenvalue weighted by Gasteiger charge is -2.20. The summed E-state index contributed by atoms with van der Waals surface area (Å²) in [6.45, 7) is 8.13. The molecule has 0 bridgehead atoms. The molecule has 1 aliphatic carbocycles. The second-order valence-corrected chi connectivity index (χ2v) is 6.63. The fourth-order valence-corrected chi connectivity index (χ4v) is 3.41. The van der Waals surface area contributed by atoms with Gasteiger partial charge in [0.2, 0.25) is 0 Å². The topological polar surface area (TPSA) is 48.0 Å². The molecule has 1 heterocycles. The Bertz CT molecular complexity index is 785. The zero-order chi connectivity index (χ0) is 16.0. The molecule has 1 aliphatic rings. The first-order valence-electron chi connectivity index (χ1n) is 7.95. The van der Waals surface area contributed by atoms with Gasteiger partial charge in [-0.3, -0.25) is 4.79 Å². The van der Waals surface area contributed by atoms with E-state index < -0.39 is 0 Å². The minimum Gasteiger partial charge on any atom is -0.320 e. The highest BCUT2D eigenvalue weighted by Crippen LogP contribution is 2.35. The molecule has 1 fully saturated rings. The molecule has 0 radical (unpaired) electrons. The summed E-state index contributed by atoms with van der Waals surface area (Å²) in [5.74, 6) is 0. The number of aryl methyl sites for hydroxylation is 4. The van der Waals surface area contributed by atoms with Gasteiger partial charge in [0.05, 0.1) is 6.04 Å². The first-order chi connectivity index (χ1) is 10.4. The summed E-state index contributed by atoms with van der Waals surface area (Å²) < 4.78 is 1.94. The van der Waals surface area contributed by atoms with Crippen molar-refractivity contribution in [2.75, 3.05) is 0 Å². The van der Waals surface area contributed by atoms with Crippen molar-refractivity contribution in [1.29, 1.82) is 0 Å². The van der Waals surface area contributed by atoms with Gasteiger partial charge in [-0.25, -0.2) is 0 Å². The predicted octanol–water partition coefficient (Wildman–Crippen LogP) is 3.46. The third-order valence-corrected chi connectivity index (χ3v) is 4.66. The van der Waals surface area contributed by atoms with Crippen molar-refractivity contribution in [3.8, 4) is 0 Å². The second kappa shape index (κ2) is 5.40. The Hall–Kier alpha value is -1.87. The molecule has 1 aromatic heterocycles. The monoisotopic (exact) mass is 296 g/mol. The van der Waals surface area contributed by atoms with Gasteiger partial charge in [0.15, 0.2) is 0 Å². The van der Waals surface area contributed by atoms with Crippen LogP contribution in [0.4, 0.5) is 0 Å². The summed E-state index contributed by atoms with van der Waals surface area (Å²) in [4.78, 5) is 13.0. The molecule has 0 amide bonds. The number of rotatable bonds is 3. The summed E-state index contributed by atoms with van der Waals surface area (Å²) in [7, 11) is 0. The zero-order valence-electron chi connectivity index (χ0n) is 13.8. The largest absolute Gasteiger partial charge is 0.320 e. The fourth-order valence-electron chi connectivity index (χ4n) is 3.41. The Kier molecular flexibility index (Phi) is 3.69. The van der Waals surface area contributed by atoms with Crippen LogP contribution >= 0.6 is 0 Å². The molecule has 1 atom stereocenters. The van der Waals surface area contributed by atoms with E-state index in [2.05, 4.69) is 38.1 Å². The number of aromatic nitrogens is 1. The zero-order valence-corrected chi connectivity index (χ0v) is 13.8. The van der Waals surface area contributed by atoms with Crippen molar-refractivity contribution in [2.45, 2.75) is 52.6 Å². The van der Waals surface area contributed by atoms with E-state index in [0.29, 0.717) is 6.04 Å². The van der Waals surface area contributed by atoms with Gasteiger partial charge in [-0.2, -0.15) is 0 Å². The third kappa shape index (κ3) is 2.50. The van der Waals surface area contributed by atoms with E-state index in [4.69, 9.17) is 5.73 Å². The highest BCUT2D eigenvalue weighted by molar-refractivity contribution is 5.41. The lowest BCUT2D eigenvalue weighted by Crippen LogP contribution is -2.31. The quantitative estimate of drug-likeness (QED) is 0.943. The van der Waals surface area contributed by atoms with Crippen molar-refractivity contribution in [1.82, 2.24) is 4.57 Å². The van der Waals surface area contributed by atoms with Gasteiger partial charge in [-0.15, -0.1) is 0 Å². The molecule has 1 saturated carbocycles. The Balaban J connectivity index is 2.15. The van der Waals surface area contributed by atoms with Crippen LogP contribution in [0.5, 0.6) is 0 Å². The van der Waals surface area contributed by atoms with E-state index >= 15 is 0 Å². The van der Waals surface area contributed by atoms with Gasteiger partial charge >= 0.3 is 0 Å². The van der Waals surface area contributed by atoms with Gasteiger partial charge in [0.1, 0.15) is 0 Å². The van der Waals surface area contributed by atoms with Gasteiger partial charge < -0.3 is 10.3 Å². The predicted molar refractivity (Wildman–Crippen MR) is 90.4 cm³/mol. The van der Waals surface area contributed by atoms with E-state index in [1.165, 1.54) is 5.56 Å². The molecule has 3 heteroatoms. The maximum absolute atomic E-state index is 13.0. The number of pyridine rings is 1. The first kappa shape index (κ1) is 15.0. The number of nitrogens with two attached hydrogens (primary N) is 1. The second-order valence-electron chi connectivity index (χ2n) is 6.63. The Morgan fingerprint density at radius 1 is 1.09 bits per heavy atom. The Labute approximate surface area is 131 Å². The summed E-state index contributed by atoms with van der Waals surface area (Å²) in [5, 5.41) is 0. The Morgan fingerprint density at radius 2 is 1.77 bits per heavy atom. The summed E-state index contributed by atoms with van der Waals surface area (Å²) in [6, 6.07) is 8.34. The van der Waals surface area contributed by atoms with Crippen LogP contribution in [0, 0.1) is 27.7 Å². The highest BCUT2D eigenvalue weighted by Gasteiger charge is 2.28. The molecular weight excluding hydrogens is 272 g/mol. The van der Waals surface area contributed by atoms with Gasteiger partial charge in [0.25, 0.3) is 5.56 Å². The molecule has 2 N–H and O–H groups in total. The number of hydrogen-bond donors (Lipinski definition) is 1. The van der Waals surface area contributed by atoms with Gasteiger partial charge in [0, 0.05) is 17.3 Å². The van der Waals surface area contributed by atoms with Crippen LogP contribution in [-0.4, -0.2) is 4.57 Å². The lowest BCUT2D eigenvalue weighted by molar-refractivity contribution is 0.658. The summed E-state index contributed by atoms with van der Waals surface area (Å²) >= 11 is 0. The highest BCUT2D eigenvalue weighted by atomic mass is 16.1. The molecule has 22 heavy (non-hydrogen) atoms. The standard InChI is InChI=1S/C19H24N2O/c1-11-5-8-16(12(2)9-11)18(20)17-13(3)10-14(4)21(19(17)22)15-6-7-15/h5,8-10,15,18H,6-7,20H2,1-4H3. The van der Waals surface area contributed by atoms with Crippen LogP contribution in [0.15, 0.2) is 29.1 Å². The molecule has 1 aromatic carbocycles. The fraction of sp³-hybridized carbons (Fsp3) is 0.421. The van der Waals surface area contributed by atoms with Crippen molar-refractivity contribution in [2.24, 2.45) is 5.73 Å². The van der Waals surface area contributed by atoms with Crippen LogP contribution in [0.3, 0.4) is 0 Å². The molecule has 0 spiro atoms. The van der Waals surface area contributed by atoms with Crippen LogP contribution in [-0.2, 0) is 0 Å². The average molecular weight is 296 g/mol. The average Bonchev–Trinajstić information content (AvgIpc) is 3.22. The SMILES string of the molecule is Cc1ccc(C(N)c2c(C)cc(C)n(C3CC3)c2=O)c(C)c1. The van der Waals surface area contributed by atoms with E-state index in [1.54, 1.807) is 0 Å². The molecule has 116 valence electrons. The molecule has 2 aromatic rings. The lowest BCUT2D eigenvalue weighted by atomic mass is 9.92. The van der Waals surface area contributed by atoms with Crippen molar-refractivity contribution >= 4 is 0 Å². The molecule has 0 aliphatic heterocycles. The van der Waals surface area contributed by atoms with E-state index in [-0.39, 0.29) is 11.6 Å². The number of benzene rings is 1. The first-order valence-corrected chi connectivity index (χ1v) is 7.95. The van der Waals surface area contributed by atoms with Crippen LogP contribution in [0.1, 0.15) is 58.4 Å². The van der Waals surface area contributed by atoms with Crippen LogP contribution < -0.4 is 11.3 Å². The van der Waals surface area contributed by atoms with Gasteiger partial charge in [-0.05, 0) is 63.3 Å².